The maximum atomic E-state index is 12.7. The Balaban J connectivity index is 2.69. The van der Waals surface area contributed by atoms with Gasteiger partial charge in [0.15, 0.2) is 0 Å². The van der Waals surface area contributed by atoms with Gasteiger partial charge in [-0.25, -0.2) is 4.79 Å². The normalized spacial score (nSPS) is 20.2. The maximum absolute atomic E-state index is 12.7. The highest BCUT2D eigenvalue weighted by atomic mass is 32.2. The van der Waals surface area contributed by atoms with Crippen LogP contribution < -0.4 is 21.3 Å². The molecule has 0 saturated carbocycles. The van der Waals surface area contributed by atoms with Gasteiger partial charge in [0.2, 0.25) is 17.7 Å². The Morgan fingerprint density at radius 3 is 2.34 bits per heavy atom. The number of carboxylic acid groups (broad SMARTS) is 1. The molecule has 1 rings (SSSR count). The van der Waals surface area contributed by atoms with Gasteiger partial charge in [0, 0.05) is 0 Å². The molecule has 0 radical (unpaired) electrons. The molecule has 0 aliphatic carbocycles. The molecule has 0 aromatic heterocycles. The summed E-state index contributed by atoms with van der Waals surface area (Å²) in [6, 6.07) is -3.00. The van der Waals surface area contributed by atoms with E-state index in [9.17, 15) is 24.3 Å². The highest BCUT2D eigenvalue weighted by molar-refractivity contribution is 7.98. The van der Waals surface area contributed by atoms with Crippen molar-refractivity contribution in [1.82, 2.24) is 21.3 Å². The first-order chi connectivity index (χ1) is 13.7. The van der Waals surface area contributed by atoms with Crippen LogP contribution in [0, 0.1) is 5.92 Å². The second-order valence-corrected chi connectivity index (χ2v) is 8.42. The van der Waals surface area contributed by atoms with Crippen LogP contribution in [0.4, 0.5) is 0 Å². The van der Waals surface area contributed by atoms with E-state index < -0.39 is 35.9 Å². The average molecular weight is 431 g/mol. The van der Waals surface area contributed by atoms with Crippen LogP contribution >= 0.6 is 11.8 Å². The number of carbonyl (C=O) groups is 4. The third-order valence-electron chi connectivity index (χ3n) is 5.15. The van der Waals surface area contributed by atoms with Crippen molar-refractivity contribution >= 4 is 35.5 Å². The minimum Gasteiger partial charge on any atom is -0.480 e. The second kappa shape index (κ2) is 12.7. The van der Waals surface area contributed by atoms with Crippen molar-refractivity contribution in [2.75, 3.05) is 18.6 Å². The number of thioether (sulfide) groups is 1. The molecule has 1 heterocycles. The van der Waals surface area contributed by atoms with E-state index in [-0.39, 0.29) is 17.9 Å². The first kappa shape index (κ1) is 25.2. The zero-order valence-corrected chi connectivity index (χ0v) is 18.4. The van der Waals surface area contributed by atoms with E-state index in [4.69, 9.17) is 0 Å². The van der Waals surface area contributed by atoms with Crippen molar-refractivity contribution in [3.63, 3.8) is 0 Å². The van der Waals surface area contributed by atoms with Crippen LogP contribution in [0.1, 0.15) is 46.5 Å². The van der Waals surface area contributed by atoms with E-state index in [0.717, 1.165) is 19.4 Å². The van der Waals surface area contributed by atoms with Crippen LogP contribution in [0.2, 0.25) is 0 Å². The molecule has 1 fully saturated rings. The van der Waals surface area contributed by atoms with Crippen LogP contribution in [0.15, 0.2) is 0 Å². The van der Waals surface area contributed by atoms with Gasteiger partial charge >= 0.3 is 5.97 Å². The van der Waals surface area contributed by atoms with Gasteiger partial charge in [-0.15, -0.1) is 0 Å². The number of carbonyl (C=O) groups excluding carboxylic acids is 3. The summed E-state index contributed by atoms with van der Waals surface area (Å²) in [4.78, 5) is 48.8. The van der Waals surface area contributed by atoms with Gasteiger partial charge in [-0.05, 0) is 50.7 Å². The summed E-state index contributed by atoms with van der Waals surface area (Å²) >= 11 is 1.56. The van der Waals surface area contributed by atoms with E-state index in [1.807, 2.05) is 13.2 Å². The molecule has 1 aliphatic rings. The molecular weight excluding hydrogens is 396 g/mol. The Morgan fingerprint density at radius 1 is 1.14 bits per heavy atom. The highest BCUT2D eigenvalue weighted by Gasteiger charge is 2.30. The van der Waals surface area contributed by atoms with Gasteiger partial charge in [0.05, 0.1) is 6.04 Å². The fourth-order valence-electron chi connectivity index (χ4n) is 3.03. The Bertz CT molecular complexity index is 583. The summed E-state index contributed by atoms with van der Waals surface area (Å²) in [5.41, 5.74) is 0. The van der Waals surface area contributed by atoms with Crippen molar-refractivity contribution in [2.24, 2.45) is 5.92 Å². The quantitative estimate of drug-likeness (QED) is 0.296. The lowest BCUT2D eigenvalue weighted by Crippen LogP contribution is -2.57. The van der Waals surface area contributed by atoms with E-state index >= 15 is 0 Å². The number of aliphatic carboxylic acids is 1. The van der Waals surface area contributed by atoms with Crippen LogP contribution in [0.25, 0.3) is 0 Å². The Kier molecular flexibility index (Phi) is 11.0. The molecule has 166 valence electrons. The van der Waals surface area contributed by atoms with Crippen molar-refractivity contribution in [3.8, 4) is 0 Å². The van der Waals surface area contributed by atoms with Crippen molar-refractivity contribution in [1.29, 1.82) is 0 Å². The highest BCUT2D eigenvalue weighted by Crippen LogP contribution is 2.09. The maximum Gasteiger partial charge on any atom is 0.326 e. The predicted molar refractivity (Wildman–Crippen MR) is 113 cm³/mol. The third-order valence-corrected chi connectivity index (χ3v) is 5.79. The third kappa shape index (κ3) is 8.22. The molecule has 9 nitrogen and oxygen atoms in total. The van der Waals surface area contributed by atoms with Crippen LogP contribution in [-0.2, 0) is 19.2 Å². The zero-order chi connectivity index (χ0) is 22.0. The molecule has 29 heavy (non-hydrogen) atoms. The lowest BCUT2D eigenvalue weighted by atomic mass is 9.99. The number of rotatable bonds is 12. The minimum absolute atomic E-state index is 0.219. The fourth-order valence-corrected chi connectivity index (χ4v) is 3.50. The van der Waals surface area contributed by atoms with Gasteiger partial charge in [-0.1, -0.05) is 20.3 Å². The van der Waals surface area contributed by atoms with Gasteiger partial charge < -0.3 is 26.4 Å². The first-order valence-corrected chi connectivity index (χ1v) is 11.5. The molecule has 0 bridgehead atoms. The molecule has 1 aliphatic heterocycles. The summed E-state index contributed by atoms with van der Waals surface area (Å²) in [5.74, 6) is -1.93. The number of amides is 3. The summed E-state index contributed by atoms with van der Waals surface area (Å²) in [6.07, 6.45) is 4.58. The van der Waals surface area contributed by atoms with E-state index in [1.54, 1.807) is 18.7 Å². The molecule has 3 amide bonds. The molecule has 0 spiro atoms. The second-order valence-electron chi connectivity index (χ2n) is 7.43. The monoisotopic (exact) mass is 430 g/mol. The topological polar surface area (TPSA) is 137 Å². The minimum atomic E-state index is -1.11. The number of nitrogens with one attached hydrogen (secondary N) is 4. The van der Waals surface area contributed by atoms with Gasteiger partial charge in [-0.3, -0.25) is 14.4 Å². The number of hydrogen-bond donors (Lipinski definition) is 5. The van der Waals surface area contributed by atoms with E-state index in [2.05, 4.69) is 21.3 Å². The average Bonchev–Trinajstić information content (AvgIpc) is 3.22. The Morgan fingerprint density at radius 2 is 1.83 bits per heavy atom. The Labute approximate surface area is 176 Å². The van der Waals surface area contributed by atoms with E-state index in [1.165, 1.54) is 6.92 Å². The van der Waals surface area contributed by atoms with Crippen LogP contribution in [0.3, 0.4) is 0 Å². The molecule has 0 aromatic rings. The number of hydrogen-bond acceptors (Lipinski definition) is 6. The predicted octanol–water partition coefficient (Wildman–Crippen LogP) is 0.0965. The molecule has 0 aromatic carbocycles. The zero-order valence-electron chi connectivity index (χ0n) is 17.6. The van der Waals surface area contributed by atoms with Gasteiger partial charge in [0.1, 0.15) is 18.1 Å². The molecule has 5 unspecified atom stereocenters. The fraction of sp³-hybridized carbons (Fsp3) is 0.789. The van der Waals surface area contributed by atoms with Crippen molar-refractivity contribution in [3.05, 3.63) is 0 Å². The lowest BCUT2D eigenvalue weighted by molar-refractivity contribution is -0.143. The number of carboxylic acids is 1. The van der Waals surface area contributed by atoms with Gasteiger partial charge in [0.25, 0.3) is 0 Å². The first-order valence-electron chi connectivity index (χ1n) is 10.1. The largest absolute Gasteiger partial charge is 0.480 e. The van der Waals surface area contributed by atoms with Crippen LogP contribution in [0.5, 0.6) is 0 Å². The molecular formula is C19H34N4O5S. The van der Waals surface area contributed by atoms with Crippen molar-refractivity contribution in [2.45, 2.75) is 70.6 Å². The standard InChI is InChI=1S/C19H34N4O5S/c1-5-11(2)15(19(27)28)23-16(24)12(3)21-18(26)14(8-10-29-4)22-17(25)13-7-6-9-20-13/h11-15,20H,5-10H2,1-4H3,(H,21,26)(H,22,25)(H,23,24)(H,27,28). The SMILES string of the molecule is CCC(C)C(NC(=O)C(C)NC(=O)C(CCSC)NC(=O)C1CCCN1)C(=O)O. The van der Waals surface area contributed by atoms with Crippen LogP contribution in [-0.4, -0.2) is 71.5 Å². The Hall–Kier alpha value is -1.81. The summed E-state index contributed by atoms with van der Waals surface area (Å²) in [6.45, 7) is 5.86. The van der Waals surface area contributed by atoms with Gasteiger partial charge in [-0.2, -0.15) is 11.8 Å². The summed E-state index contributed by atoms with van der Waals surface area (Å²) in [7, 11) is 0. The van der Waals surface area contributed by atoms with E-state index in [0.29, 0.717) is 18.6 Å². The van der Waals surface area contributed by atoms with Crippen molar-refractivity contribution < 1.29 is 24.3 Å². The molecule has 10 heteroatoms. The lowest BCUT2D eigenvalue weighted by Gasteiger charge is -2.25. The summed E-state index contributed by atoms with van der Waals surface area (Å²) < 4.78 is 0. The smallest absolute Gasteiger partial charge is 0.326 e. The molecule has 5 atom stereocenters. The summed E-state index contributed by atoms with van der Waals surface area (Å²) in [5, 5.41) is 20.3. The molecule has 1 saturated heterocycles. The molecule has 5 N–H and O–H groups in total.